The number of hydrogen-bond donors (Lipinski definition) is 2. The summed E-state index contributed by atoms with van der Waals surface area (Å²) in [4.78, 5) is 22.7. The van der Waals surface area contributed by atoms with E-state index < -0.39 is 33.5 Å². The van der Waals surface area contributed by atoms with Crippen LogP contribution in [0.25, 0.3) is 0 Å². The van der Waals surface area contributed by atoms with E-state index in [2.05, 4.69) is 15.9 Å². The number of ketones is 1. The second-order valence-electron chi connectivity index (χ2n) is 4.23. The molecule has 22 heavy (non-hydrogen) atoms. The molecule has 0 saturated heterocycles. The first-order chi connectivity index (χ1) is 10.2. The Hall–Kier alpha value is -2.19. The van der Waals surface area contributed by atoms with Crippen LogP contribution in [0, 0.1) is 15.9 Å². The molecule has 0 saturated carbocycles. The van der Waals surface area contributed by atoms with Crippen molar-refractivity contribution in [2.45, 2.75) is 0 Å². The van der Waals surface area contributed by atoms with Gasteiger partial charge >= 0.3 is 0 Å². The highest BCUT2D eigenvalue weighted by Crippen LogP contribution is 2.40. The minimum atomic E-state index is -0.894. The fourth-order valence-corrected chi connectivity index (χ4v) is 2.59. The van der Waals surface area contributed by atoms with E-state index in [1.807, 2.05) is 0 Å². The second-order valence-corrected chi connectivity index (χ2v) is 5.43. The van der Waals surface area contributed by atoms with E-state index in [4.69, 9.17) is 17.3 Å². The summed E-state index contributed by atoms with van der Waals surface area (Å²) in [5, 5.41) is 20.6. The fraction of sp³-hybridized carbons (Fsp3) is 0. The zero-order valence-electron chi connectivity index (χ0n) is 10.6. The quantitative estimate of drug-likeness (QED) is 0.274. The number of phenols is 1. The van der Waals surface area contributed by atoms with Gasteiger partial charge in [-0.3, -0.25) is 14.9 Å². The van der Waals surface area contributed by atoms with E-state index in [0.717, 1.165) is 24.3 Å². The van der Waals surface area contributed by atoms with Crippen LogP contribution >= 0.6 is 27.5 Å². The number of nitrogens with zero attached hydrogens (tertiary/aromatic N) is 1. The number of nitro groups is 1. The highest BCUT2D eigenvalue weighted by molar-refractivity contribution is 9.10. The van der Waals surface area contributed by atoms with Crippen LogP contribution < -0.4 is 5.73 Å². The van der Waals surface area contributed by atoms with Crippen LogP contribution in [0.2, 0.25) is 5.02 Å². The molecule has 0 aromatic heterocycles. The molecular weight excluding hydrogens is 383 g/mol. The van der Waals surface area contributed by atoms with Crippen molar-refractivity contribution in [3.8, 4) is 5.75 Å². The van der Waals surface area contributed by atoms with Crippen molar-refractivity contribution < 1.29 is 19.2 Å². The highest BCUT2D eigenvalue weighted by Gasteiger charge is 2.29. The molecule has 2 aromatic carbocycles. The summed E-state index contributed by atoms with van der Waals surface area (Å²) < 4.78 is 13.1. The minimum Gasteiger partial charge on any atom is -0.505 e. The number of rotatable bonds is 3. The lowest BCUT2D eigenvalue weighted by Gasteiger charge is -2.10. The fourth-order valence-electron chi connectivity index (χ4n) is 1.81. The van der Waals surface area contributed by atoms with E-state index in [1.54, 1.807) is 0 Å². The molecule has 0 heterocycles. The van der Waals surface area contributed by atoms with E-state index in [9.17, 15) is 24.4 Å². The molecule has 2 rings (SSSR count). The highest BCUT2D eigenvalue weighted by atomic mass is 79.9. The van der Waals surface area contributed by atoms with Gasteiger partial charge in [-0.05, 0) is 34.1 Å². The molecule has 0 atom stereocenters. The van der Waals surface area contributed by atoms with E-state index >= 15 is 0 Å². The molecule has 114 valence electrons. The predicted octanol–water partition coefficient (Wildman–Crippen LogP) is 3.67. The topological polar surface area (TPSA) is 106 Å². The number of nitro benzene ring substituents is 1. The largest absolute Gasteiger partial charge is 0.505 e. The number of benzene rings is 2. The molecule has 2 aromatic rings. The SMILES string of the molecule is Nc1c(O)cc([N+](=O)[O-])c(C(=O)c2cc(F)ccc2Cl)c1Br. The van der Waals surface area contributed by atoms with Crippen molar-refractivity contribution in [1.29, 1.82) is 0 Å². The van der Waals surface area contributed by atoms with Crippen molar-refractivity contribution in [3.63, 3.8) is 0 Å². The van der Waals surface area contributed by atoms with Gasteiger partial charge in [0.25, 0.3) is 5.69 Å². The third-order valence-corrected chi connectivity index (χ3v) is 4.01. The first kappa shape index (κ1) is 16.2. The Morgan fingerprint density at radius 2 is 2.05 bits per heavy atom. The van der Waals surface area contributed by atoms with Gasteiger partial charge in [0.05, 0.1) is 26.2 Å². The van der Waals surface area contributed by atoms with Crippen molar-refractivity contribution in [1.82, 2.24) is 0 Å². The minimum absolute atomic E-state index is 0.0701. The summed E-state index contributed by atoms with van der Waals surface area (Å²) in [6.45, 7) is 0. The summed E-state index contributed by atoms with van der Waals surface area (Å²) >= 11 is 8.79. The smallest absolute Gasteiger partial charge is 0.285 e. The van der Waals surface area contributed by atoms with Gasteiger partial charge in [-0.25, -0.2) is 4.39 Å². The van der Waals surface area contributed by atoms with Gasteiger partial charge < -0.3 is 10.8 Å². The number of phenolic OH excluding ortho intramolecular Hbond substituents is 1. The zero-order valence-corrected chi connectivity index (χ0v) is 13.0. The number of nitrogen functional groups attached to an aromatic ring is 1. The van der Waals surface area contributed by atoms with Gasteiger partial charge in [0.1, 0.15) is 17.1 Å². The van der Waals surface area contributed by atoms with Crippen LogP contribution in [-0.4, -0.2) is 15.8 Å². The maximum absolute atomic E-state index is 13.3. The third kappa shape index (κ3) is 2.75. The Labute approximate surface area is 136 Å². The van der Waals surface area contributed by atoms with Crippen molar-refractivity contribution in [2.24, 2.45) is 0 Å². The van der Waals surface area contributed by atoms with Crippen LogP contribution in [0.3, 0.4) is 0 Å². The standard InChI is InChI=1S/C13H7BrClFN2O4/c14-11-10(8(18(21)22)4-9(19)12(11)17)13(20)6-3-5(16)1-2-7(6)15/h1-4,19H,17H2. The maximum atomic E-state index is 13.3. The monoisotopic (exact) mass is 388 g/mol. The normalized spacial score (nSPS) is 10.5. The maximum Gasteiger partial charge on any atom is 0.285 e. The molecular formula is C13H7BrClFN2O4. The van der Waals surface area contributed by atoms with Crippen LogP contribution in [0.4, 0.5) is 15.8 Å². The molecule has 0 fully saturated rings. The average Bonchev–Trinajstić information content (AvgIpc) is 2.46. The zero-order chi connectivity index (χ0) is 16.6. The van der Waals surface area contributed by atoms with E-state index in [0.29, 0.717) is 0 Å². The third-order valence-electron chi connectivity index (χ3n) is 2.86. The van der Waals surface area contributed by atoms with E-state index in [-0.39, 0.29) is 20.7 Å². The molecule has 9 heteroatoms. The molecule has 0 aliphatic rings. The molecule has 0 spiro atoms. The molecule has 3 N–H and O–H groups in total. The molecule has 0 aliphatic heterocycles. The summed E-state index contributed by atoms with van der Waals surface area (Å²) in [7, 11) is 0. The first-order valence-corrected chi connectivity index (χ1v) is 6.86. The molecule has 0 radical (unpaired) electrons. The van der Waals surface area contributed by atoms with Crippen molar-refractivity contribution in [2.75, 3.05) is 5.73 Å². The van der Waals surface area contributed by atoms with E-state index in [1.165, 1.54) is 0 Å². The molecule has 0 unspecified atom stereocenters. The number of carbonyl (C=O) groups is 1. The van der Waals surface area contributed by atoms with Crippen molar-refractivity contribution in [3.05, 3.63) is 60.8 Å². The van der Waals surface area contributed by atoms with Crippen LogP contribution in [-0.2, 0) is 0 Å². The lowest BCUT2D eigenvalue weighted by molar-refractivity contribution is -0.385. The van der Waals surface area contributed by atoms with Crippen molar-refractivity contribution >= 4 is 44.7 Å². The number of carbonyl (C=O) groups excluding carboxylic acids is 1. The Balaban J connectivity index is 2.76. The first-order valence-electron chi connectivity index (χ1n) is 5.69. The summed E-state index contributed by atoms with van der Waals surface area (Å²) in [6, 6.07) is 3.83. The van der Waals surface area contributed by atoms with Crippen LogP contribution in [0.15, 0.2) is 28.7 Å². The number of halogens is 3. The molecule has 0 bridgehead atoms. The number of aromatic hydroxyl groups is 1. The lowest BCUT2D eigenvalue weighted by atomic mass is 10.0. The summed E-state index contributed by atoms with van der Waals surface area (Å²) in [6.07, 6.45) is 0. The van der Waals surface area contributed by atoms with Gasteiger partial charge in [-0.1, -0.05) is 11.6 Å². The molecule has 6 nitrogen and oxygen atoms in total. The summed E-state index contributed by atoms with van der Waals surface area (Å²) in [5.41, 5.74) is 3.95. The van der Waals surface area contributed by atoms with Crippen LogP contribution in [0.1, 0.15) is 15.9 Å². The van der Waals surface area contributed by atoms with Gasteiger partial charge in [0, 0.05) is 5.56 Å². The lowest BCUT2D eigenvalue weighted by Crippen LogP contribution is -2.09. The Morgan fingerprint density at radius 3 is 2.64 bits per heavy atom. The Bertz CT molecular complexity index is 813. The predicted molar refractivity (Wildman–Crippen MR) is 81.7 cm³/mol. The van der Waals surface area contributed by atoms with Gasteiger partial charge in [0.15, 0.2) is 0 Å². The number of hydrogen-bond acceptors (Lipinski definition) is 5. The van der Waals surface area contributed by atoms with Gasteiger partial charge in [-0.15, -0.1) is 0 Å². The Morgan fingerprint density at radius 1 is 1.41 bits per heavy atom. The number of nitrogens with two attached hydrogens (primary N) is 1. The second kappa shape index (κ2) is 5.90. The molecule has 0 amide bonds. The molecule has 0 aliphatic carbocycles. The van der Waals surface area contributed by atoms with Gasteiger partial charge in [0.2, 0.25) is 5.78 Å². The number of anilines is 1. The summed E-state index contributed by atoms with van der Waals surface area (Å²) in [5.74, 6) is -2.17. The van der Waals surface area contributed by atoms with Gasteiger partial charge in [-0.2, -0.15) is 0 Å². The average molecular weight is 390 g/mol. The van der Waals surface area contributed by atoms with Crippen LogP contribution in [0.5, 0.6) is 5.75 Å². The Kier molecular flexibility index (Phi) is 4.34.